The van der Waals surface area contributed by atoms with E-state index >= 15 is 0 Å². The van der Waals surface area contributed by atoms with Crippen molar-refractivity contribution in [2.45, 2.75) is 13.0 Å². The number of nitrogens with one attached hydrogen (secondary N) is 1. The maximum Gasteiger partial charge on any atom is 0.156 e. The lowest BCUT2D eigenvalue weighted by Crippen LogP contribution is -2.28. The van der Waals surface area contributed by atoms with Gasteiger partial charge in [0.15, 0.2) is 5.65 Å². The lowest BCUT2D eigenvalue weighted by Gasteiger charge is -2.20. The molecule has 142 valence electrons. The van der Waals surface area contributed by atoms with Crippen LogP contribution in [0.1, 0.15) is 12.1 Å². The number of fused-ring (bicyclic) bond motifs is 1. The minimum absolute atomic E-state index is 0.557. The molecule has 1 aliphatic heterocycles. The van der Waals surface area contributed by atoms with Gasteiger partial charge in [-0.1, -0.05) is 23.2 Å². The van der Waals surface area contributed by atoms with Gasteiger partial charge in [-0.3, -0.25) is 9.30 Å². The van der Waals surface area contributed by atoms with Crippen LogP contribution in [0.15, 0.2) is 36.5 Å². The van der Waals surface area contributed by atoms with Gasteiger partial charge in [0.25, 0.3) is 0 Å². The Balaban J connectivity index is 1.81. The van der Waals surface area contributed by atoms with Crippen molar-refractivity contribution in [2.75, 3.05) is 33.3 Å². The third kappa shape index (κ3) is 3.92. The van der Waals surface area contributed by atoms with Crippen LogP contribution in [0.4, 0.5) is 0 Å². The number of imidazole rings is 1. The second-order valence-electron chi connectivity index (χ2n) is 6.72. The number of rotatable bonds is 4. The smallest absolute Gasteiger partial charge is 0.156 e. The molecule has 0 spiro atoms. The first-order chi connectivity index (χ1) is 13.2. The summed E-state index contributed by atoms with van der Waals surface area (Å²) in [5.41, 5.74) is 3.80. The summed E-state index contributed by atoms with van der Waals surface area (Å²) in [6, 6.07) is 9.71. The number of halogens is 2. The highest BCUT2D eigenvalue weighted by molar-refractivity contribution is 6.36. The summed E-state index contributed by atoms with van der Waals surface area (Å²) < 4.78 is 7.32. The van der Waals surface area contributed by atoms with E-state index < -0.39 is 0 Å². The summed E-state index contributed by atoms with van der Waals surface area (Å²) in [6.45, 7) is 4.91. The molecule has 0 aliphatic carbocycles. The van der Waals surface area contributed by atoms with Crippen LogP contribution < -0.4 is 10.1 Å². The zero-order valence-corrected chi connectivity index (χ0v) is 16.7. The van der Waals surface area contributed by atoms with Crippen molar-refractivity contribution in [3.05, 3.63) is 52.3 Å². The van der Waals surface area contributed by atoms with E-state index in [1.165, 1.54) is 0 Å². The predicted molar refractivity (Wildman–Crippen MR) is 110 cm³/mol. The number of hydrogen-bond donors (Lipinski definition) is 1. The first-order valence-corrected chi connectivity index (χ1v) is 9.85. The highest BCUT2D eigenvalue weighted by Gasteiger charge is 2.20. The number of ether oxygens (including phenoxy) is 1. The molecule has 3 heterocycles. The Kier molecular flexibility index (Phi) is 5.55. The molecular formula is C20H22Cl2N4O. The maximum atomic E-state index is 6.44. The average Bonchev–Trinajstić information content (AvgIpc) is 2.85. The lowest BCUT2D eigenvalue weighted by atomic mass is 10.1. The van der Waals surface area contributed by atoms with Crippen molar-refractivity contribution in [1.29, 1.82) is 0 Å². The third-order valence-electron chi connectivity index (χ3n) is 4.91. The summed E-state index contributed by atoms with van der Waals surface area (Å²) in [7, 11) is 1.67. The fourth-order valence-electron chi connectivity index (χ4n) is 3.52. The summed E-state index contributed by atoms with van der Waals surface area (Å²) in [5, 5.41) is 4.61. The number of nitrogens with zero attached hydrogens (tertiary/aromatic N) is 3. The monoisotopic (exact) mass is 404 g/mol. The Morgan fingerprint density at radius 3 is 2.74 bits per heavy atom. The van der Waals surface area contributed by atoms with Crippen LogP contribution in [0, 0.1) is 0 Å². The number of benzene rings is 1. The molecule has 0 radical (unpaired) electrons. The highest BCUT2D eigenvalue weighted by atomic mass is 35.5. The Morgan fingerprint density at radius 1 is 1.15 bits per heavy atom. The summed E-state index contributed by atoms with van der Waals surface area (Å²) in [4.78, 5) is 7.31. The quantitative estimate of drug-likeness (QED) is 0.710. The van der Waals surface area contributed by atoms with Gasteiger partial charge in [-0.25, -0.2) is 4.98 Å². The first-order valence-electron chi connectivity index (χ1n) is 9.09. The lowest BCUT2D eigenvalue weighted by molar-refractivity contribution is 0.281. The van der Waals surface area contributed by atoms with E-state index in [-0.39, 0.29) is 0 Å². The van der Waals surface area contributed by atoms with Crippen molar-refractivity contribution in [3.8, 4) is 17.0 Å². The number of hydrogen-bond acceptors (Lipinski definition) is 4. The van der Waals surface area contributed by atoms with Gasteiger partial charge in [0, 0.05) is 31.4 Å². The van der Waals surface area contributed by atoms with Gasteiger partial charge in [-0.2, -0.15) is 0 Å². The molecule has 1 saturated heterocycles. The standard InChI is InChI=1S/C20H22Cl2N4O/c1-27-16-5-3-14(4-6-16)19-18(13-25-9-2-7-23-8-10-25)26-12-15(21)11-17(22)20(26)24-19/h3-6,11-12,23H,2,7-10,13H2,1H3. The Hall–Kier alpha value is -1.79. The minimum atomic E-state index is 0.557. The zero-order chi connectivity index (χ0) is 18.8. The molecule has 1 N–H and O–H groups in total. The van der Waals surface area contributed by atoms with E-state index in [1.807, 2.05) is 34.9 Å². The molecule has 7 heteroatoms. The van der Waals surface area contributed by atoms with E-state index in [0.717, 1.165) is 67.5 Å². The Bertz CT molecular complexity index is 931. The summed E-state index contributed by atoms with van der Waals surface area (Å²) >= 11 is 12.7. The summed E-state index contributed by atoms with van der Waals surface area (Å²) in [5.74, 6) is 0.823. The number of pyridine rings is 1. The fourth-order valence-corrected chi connectivity index (χ4v) is 4.04. The van der Waals surface area contributed by atoms with E-state index in [0.29, 0.717) is 10.0 Å². The SMILES string of the molecule is COc1ccc(-c2nc3c(Cl)cc(Cl)cn3c2CN2CCCNCC2)cc1. The molecule has 0 unspecified atom stereocenters. The molecule has 0 saturated carbocycles. The van der Waals surface area contributed by atoms with Gasteiger partial charge < -0.3 is 10.1 Å². The average molecular weight is 405 g/mol. The number of methoxy groups -OCH3 is 1. The molecule has 1 aromatic carbocycles. The van der Waals surface area contributed by atoms with Crippen LogP contribution in [0.5, 0.6) is 5.75 Å². The molecular weight excluding hydrogens is 383 g/mol. The molecule has 0 amide bonds. The van der Waals surface area contributed by atoms with Crippen molar-refractivity contribution in [1.82, 2.24) is 19.6 Å². The normalized spacial score (nSPS) is 15.8. The van der Waals surface area contributed by atoms with Crippen molar-refractivity contribution in [2.24, 2.45) is 0 Å². The van der Waals surface area contributed by atoms with Gasteiger partial charge >= 0.3 is 0 Å². The van der Waals surface area contributed by atoms with Crippen molar-refractivity contribution < 1.29 is 4.74 Å². The fraction of sp³-hybridized carbons (Fsp3) is 0.350. The zero-order valence-electron chi connectivity index (χ0n) is 15.2. The molecule has 1 aliphatic rings. The minimum Gasteiger partial charge on any atom is -0.497 e. The predicted octanol–water partition coefficient (Wildman–Crippen LogP) is 4.11. The molecule has 0 bridgehead atoms. The maximum absolute atomic E-state index is 6.44. The van der Waals surface area contributed by atoms with Crippen molar-refractivity contribution >= 4 is 28.8 Å². The first kappa shape index (κ1) is 18.6. The van der Waals surface area contributed by atoms with Gasteiger partial charge in [0.05, 0.1) is 28.5 Å². The van der Waals surface area contributed by atoms with Crippen LogP contribution in [0.25, 0.3) is 16.9 Å². The molecule has 4 rings (SSSR count). The largest absolute Gasteiger partial charge is 0.497 e. The van der Waals surface area contributed by atoms with E-state index in [9.17, 15) is 0 Å². The van der Waals surface area contributed by atoms with Gasteiger partial charge in [-0.05, 0) is 49.8 Å². The molecule has 3 aromatic rings. The van der Waals surface area contributed by atoms with Crippen LogP contribution >= 0.6 is 23.2 Å². The van der Waals surface area contributed by atoms with Gasteiger partial charge in [0.1, 0.15) is 5.75 Å². The molecule has 0 atom stereocenters. The highest BCUT2D eigenvalue weighted by Crippen LogP contribution is 2.31. The molecule has 2 aromatic heterocycles. The van der Waals surface area contributed by atoms with Crippen LogP contribution in [0.2, 0.25) is 10.0 Å². The van der Waals surface area contributed by atoms with E-state index in [4.69, 9.17) is 32.9 Å². The number of aromatic nitrogens is 2. The Morgan fingerprint density at radius 2 is 1.96 bits per heavy atom. The van der Waals surface area contributed by atoms with Gasteiger partial charge in [-0.15, -0.1) is 0 Å². The second kappa shape index (κ2) is 8.07. The topological polar surface area (TPSA) is 41.8 Å². The summed E-state index contributed by atoms with van der Waals surface area (Å²) in [6.07, 6.45) is 3.03. The van der Waals surface area contributed by atoms with Crippen molar-refractivity contribution in [3.63, 3.8) is 0 Å². The second-order valence-corrected chi connectivity index (χ2v) is 7.56. The molecule has 27 heavy (non-hydrogen) atoms. The van der Waals surface area contributed by atoms with Crippen LogP contribution in [0.3, 0.4) is 0 Å². The van der Waals surface area contributed by atoms with E-state index in [1.54, 1.807) is 13.2 Å². The molecule has 1 fully saturated rings. The third-order valence-corrected chi connectivity index (χ3v) is 5.40. The van der Waals surface area contributed by atoms with Crippen LogP contribution in [-0.4, -0.2) is 47.6 Å². The van der Waals surface area contributed by atoms with Crippen LogP contribution in [-0.2, 0) is 6.54 Å². The molecule has 5 nitrogen and oxygen atoms in total. The van der Waals surface area contributed by atoms with Gasteiger partial charge in [0.2, 0.25) is 0 Å². The van der Waals surface area contributed by atoms with E-state index in [2.05, 4.69) is 10.2 Å². The Labute approximate surface area is 168 Å².